The van der Waals surface area contributed by atoms with Gasteiger partial charge in [-0.15, -0.1) is 0 Å². The zero-order chi connectivity index (χ0) is 20.7. The maximum atomic E-state index is 11.6. The van der Waals surface area contributed by atoms with Crippen LogP contribution in [0, 0.1) is 0 Å². The predicted molar refractivity (Wildman–Crippen MR) is 108 cm³/mol. The Hall–Kier alpha value is -1.22. The van der Waals surface area contributed by atoms with Crippen LogP contribution in [0.2, 0.25) is 0 Å². The van der Waals surface area contributed by atoms with E-state index in [2.05, 4.69) is 10.6 Å². The molecule has 0 aromatic carbocycles. The zero-order valence-corrected chi connectivity index (χ0v) is 17.3. The van der Waals surface area contributed by atoms with Crippen LogP contribution in [0.1, 0.15) is 64.2 Å². The zero-order valence-electron chi connectivity index (χ0n) is 17.3. The van der Waals surface area contributed by atoms with Gasteiger partial charge in [-0.2, -0.15) is 0 Å². The van der Waals surface area contributed by atoms with E-state index < -0.39 is 0 Å². The van der Waals surface area contributed by atoms with Crippen molar-refractivity contribution in [1.82, 2.24) is 10.6 Å². The van der Waals surface area contributed by atoms with Crippen molar-refractivity contribution in [2.45, 2.75) is 64.2 Å². The Morgan fingerprint density at radius 1 is 0.571 bits per heavy atom. The molecular weight excluding hydrogens is 364 g/mol. The molecule has 0 atom stereocenters. The summed E-state index contributed by atoms with van der Waals surface area (Å²) < 4.78 is 10.3. The lowest BCUT2D eigenvalue weighted by atomic mass is 10.2. The molecule has 28 heavy (non-hydrogen) atoms. The third kappa shape index (κ3) is 21.1. The van der Waals surface area contributed by atoms with Gasteiger partial charge >= 0.3 is 0 Å². The molecule has 0 fully saturated rings. The molecule has 0 aliphatic heterocycles. The highest BCUT2D eigenvalue weighted by atomic mass is 16.5. The van der Waals surface area contributed by atoms with E-state index in [1.807, 2.05) is 0 Å². The van der Waals surface area contributed by atoms with Gasteiger partial charge in [0.05, 0.1) is 26.4 Å². The average Bonchev–Trinajstić information content (AvgIpc) is 2.69. The highest BCUT2D eigenvalue weighted by molar-refractivity contribution is 5.76. The molecule has 4 N–H and O–H groups in total. The number of hydrogen-bond acceptors (Lipinski definition) is 6. The van der Waals surface area contributed by atoms with Gasteiger partial charge in [0.2, 0.25) is 11.8 Å². The van der Waals surface area contributed by atoms with Crippen LogP contribution < -0.4 is 10.6 Å². The second kappa shape index (κ2) is 22.1. The van der Waals surface area contributed by atoms with Crippen LogP contribution in [-0.2, 0) is 19.1 Å². The summed E-state index contributed by atoms with van der Waals surface area (Å²) in [7, 11) is 0. The van der Waals surface area contributed by atoms with Gasteiger partial charge in [-0.1, -0.05) is 12.8 Å². The molecule has 2 amide bonds. The summed E-state index contributed by atoms with van der Waals surface area (Å²) in [6, 6.07) is 0. The highest BCUT2D eigenvalue weighted by Crippen LogP contribution is 2.00. The van der Waals surface area contributed by atoms with E-state index in [1.54, 1.807) is 0 Å². The topological polar surface area (TPSA) is 117 Å². The molecule has 166 valence electrons. The number of hydrogen-bond donors (Lipinski definition) is 4. The molecule has 0 bridgehead atoms. The molecule has 0 unspecified atom stereocenters. The number of nitrogens with one attached hydrogen (secondary N) is 2. The van der Waals surface area contributed by atoms with Crippen LogP contribution >= 0.6 is 0 Å². The van der Waals surface area contributed by atoms with Crippen LogP contribution in [-0.4, -0.2) is 74.8 Å². The molecule has 8 nitrogen and oxygen atoms in total. The number of aliphatic hydroxyl groups is 2. The number of ether oxygens (including phenoxy) is 2. The monoisotopic (exact) mass is 404 g/mol. The Kier molecular flexibility index (Phi) is 21.1. The SMILES string of the molecule is O=C(CCCCOCCO)NCCCCCCNC(=O)CCCCOCCO. The molecule has 0 heterocycles. The molecule has 8 heteroatoms. The number of carbonyl (C=O) groups excluding carboxylic acids is 2. The van der Waals surface area contributed by atoms with Crippen molar-refractivity contribution in [3.63, 3.8) is 0 Å². The molecule has 0 saturated carbocycles. The van der Waals surface area contributed by atoms with E-state index in [0.717, 1.165) is 51.4 Å². The van der Waals surface area contributed by atoms with Crippen molar-refractivity contribution in [3.05, 3.63) is 0 Å². The molecule has 0 saturated heterocycles. The first-order valence-electron chi connectivity index (χ1n) is 10.6. The predicted octanol–water partition coefficient (Wildman–Crippen LogP) is 1.14. The summed E-state index contributed by atoms with van der Waals surface area (Å²) in [6.07, 6.45) is 8.26. The molecule has 0 aromatic rings. The van der Waals surface area contributed by atoms with Crippen LogP contribution in [0.4, 0.5) is 0 Å². The van der Waals surface area contributed by atoms with Gasteiger partial charge in [0.1, 0.15) is 0 Å². The highest BCUT2D eigenvalue weighted by Gasteiger charge is 2.02. The van der Waals surface area contributed by atoms with E-state index in [9.17, 15) is 9.59 Å². The van der Waals surface area contributed by atoms with Crippen molar-refractivity contribution >= 4 is 11.8 Å². The van der Waals surface area contributed by atoms with Crippen LogP contribution in [0.25, 0.3) is 0 Å². The largest absolute Gasteiger partial charge is 0.394 e. The molecule has 0 aliphatic rings. The van der Waals surface area contributed by atoms with Crippen molar-refractivity contribution in [2.24, 2.45) is 0 Å². The molecule has 0 spiro atoms. The minimum atomic E-state index is 0.0371. The second-order valence-electron chi connectivity index (χ2n) is 6.70. The average molecular weight is 405 g/mol. The number of amides is 2. The number of rotatable bonds is 21. The number of unbranched alkanes of at least 4 members (excludes halogenated alkanes) is 5. The van der Waals surface area contributed by atoms with E-state index in [1.165, 1.54) is 0 Å². The third-order valence-corrected chi connectivity index (χ3v) is 4.10. The van der Waals surface area contributed by atoms with Gasteiger partial charge in [-0.3, -0.25) is 9.59 Å². The van der Waals surface area contributed by atoms with E-state index in [0.29, 0.717) is 52.4 Å². The minimum Gasteiger partial charge on any atom is -0.394 e. The number of carbonyl (C=O) groups is 2. The van der Waals surface area contributed by atoms with Gasteiger partial charge in [0.15, 0.2) is 0 Å². The van der Waals surface area contributed by atoms with Gasteiger partial charge in [-0.05, 0) is 38.5 Å². The summed E-state index contributed by atoms with van der Waals surface area (Å²) in [6.45, 7) is 3.36. The Morgan fingerprint density at radius 3 is 1.39 bits per heavy atom. The van der Waals surface area contributed by atoms with Gasteiger partial charge in [-0.25, -0.2) is 0 Å². The summed E-state index contributed by atoms with van der Waals surface area (Å²) in [4.78, 5) is 23.3. The first-order valence-corrected chi connectivity index (χ1v) is 10.6. The van der Waals surface area contributed by atoms with Gasteiger partial charge in [0.25, 0.3) is 0 Å². The fraction of sp³-hybridized carbons (Fsp3) is 0.900. The Morgan fingerprint density at radius 2 is 1.00 bits per heavy atom. The first-order chi connectivity index (χ1) is 13.7. The summed E-state index contributed by atoms with van der Waals surface area (Å²) in [5, 5.41) is 23.0. The fourth-order valence-electron chi connectivity index (χ4n) is 2.55. The summed E-state index contributed by atoms with van der Waals surface area (Å²) in [5.74, 6) is 0.160. The third-order valence-electron chi connectivity index (χ3n) is 4.10. The summed E-state index contributed by atoms with van der Waals surface area (Å²) in [5.41, 5.74) is 0. The van der Waals surface area contributed by atoms with Crippen LogP contribution in [0.5, 0.6) is 0 Å². The Bertz CT molecular complexity index is 335. The molecular formula is C20H40N2O6. The minimum absolute atomic E-state index is 0.0371. The Balaban J connectivity index is 3.25. The molecule has 0 radical (unpaired) electrons. The maximum Gasteiger partial charge on any atom is 0.219 e. The smallest absolute Gasteiger partial charge is 0.219 e. The van der Waals surface area contributed by atoms with Crippen molar-refractivity contribution in [3.8, 4) is 0 Å². The maximum absolute atomic E-state index is 11.6. The molecule has 0 aromatic heterocycles. The van der Waals surface area contributed by atoms with Crippen LogP contribution in [0.3, 0.4) is 0 Å². The normalized spacial score (nSPS) is 10.8. The number of aliphatic hydroxyl groups excluding tert-OH is 2. The Labute approximate surface area is 169 Å². The molecule has 0 rings (SSSR count). The summed E-state index contributed by atoms with van der Waals surface area (Å²) >= 11 is 0. The van der Waals surface area contributed by atoms with Crippen molar-refractivity contribution in [1.29, 1.82) is 0 Å². The second-order valence-corrected chi connectivity index (χ2v) is 6.70. The van der Waals surface area contributed by atoms with Gasteiger partial charge < -0.3 is 30.3 Å². The van der Waals surface area contributed by atoms with E-state index in [4.69, 9.17) is 19.7 Å². The van der Waals surface area contributed by atoms with Crippen molar-refractivity contribution in [2.75, 3.05) is 52.7 Å². The fourth-order valence-corrected chi connectivity index (χ4v) is 2.55. The van der Waals surface area contributed by atoms with Gasteiger partial charge in [0, 0.05) is 39.1 Å². The lowest BCUT2D eigenvalue weighted by molar-refractivity contribution is -0.122. The van der Waals surface area contributed by atoms with E-state index >= 15 is 0 Å². The van der Waals surface area contributed by atoms with E-state index in [-0.39, 0.29) is 25.0 Å². The molecule has 0 aliphatic carbocycles. The quantitative estimate of drug-likeness (QED) is 0.213. The van der Waals surface area contributed by atoms with Crippen LogP contribution in [0.15, 0.2) is 0 Å². The lowest BCUT2D eigenvalue weighted by Crippen LogP contribution is -2.25. The lowest BCUT2D eigenvalue weighted by Gasteiger charge is -2.07. The van der Waals surface area contributed by atoms with Crippen molar-refractivity contribution < 1.29 is 29.3 Å². The first kappa shape index (κ1) is 26.8. The standard InChI is InChI=1S/C20H40N2O6/c23-13-17-27-15-7-3-9-19(25)21-11-5-1-2-6-12-22-20(26)10-4-8-16-28-18-14-24/h23-24H,1-18H2,(H,21,25)(H,22,26).